The van der Waals surface area contributed by atoms with Crippen LogP contribution in [0.5, 0.6) is 5.75 Å². The van der Waals surface area contributed by atoms with Gasteiger partial charge in [-0.1, -0.05) is 12.1 Å². The molecule has 0 aromatic heterocycles. The van der Waals surface area contributed by atoms with E-state index in [2.05, 4.69) is 10.1 Å². The highest BCUT2D eigenvalue weighted by Gasteiger charge is 2.14. The van der Waals surface area contributed by atoms with E-state index in [0.29, 0.717) is 13.0 Å². The van der Waals surface area contributed by atoms with E-state index < -0.39 is 12.5 Å². The fourth-order valence-corrected chi connectivity index (χ4v) is 1.36. The molecule has 0 aliphatic rings. The molecule has 0 aliphatic carbocycles. The van der Waals surface area contributed by atoms with Crippen molar-refractivity contribution >= 4 is 18.3 Å². The number of hydrogen-bond donors (Lipinski definition) is 2. The molecule has 1 aromatic rings. The first-order valence-electron chi connectivity index (χ1n) is 5.58. The smallest absolute Gasteiger partial charge is 0.387 e. The number of nitrogens with one attached hydrogen (secondary N) is 1. The lowest BCUT2D eigenvalue weighted by molar-refractivity contribution is -0.0501. The molecule has 108 valence electrons. The minimum Gasteiger partial charge on any atom is -0.434 e. The van der Waals surface area contributed by atoms with Crippen molar-refractivity contribution in [3.05, 3.63) is 29.8 Å². The molecule has 0 aliphatic heterocycles. The van der Waals surface area contributed by atoms with E-state index in [9.17, 15) is 13.6 Å². The van der Waals surface area contributed by atoms with Crippen LogP contribution in [-0.4, -0.2) is 25.1 Å². The van der Waals surface area contributed by atoms with Gasteiger partial charge in [0.05, 0.1) is 5.56 Å². The third kappa shape index (κ3) is 6.35. The number of hydrogen-bond acceptors (Lipinski definition) is 3. The zero-order chi connectivity index (χ0) is 13.5. The van der Waals surface area contributed by atoms with Crippen LogP contribution in [-0.2, 0) is 0 Å². The van der Waals surface area contributed by atoms with Gasteiger partial charge in [-0.25, -0.2) is 0 Å². The van der Waals surface area contributed by atoms with E-state index in [1.165, 1.54) is 18.2 Å². The highest BCUT2D eigenvalue weighted by molar-refractivity contribution is 5.96. The Hall–Kier alpha value is -1.40. The Morgan fingerprint density at radius 1 is 1.42 bits per heavy atom. The SMILES string of the molecule is CC(N)CCNC(=O)c1ccccc1OC(F)F.Cl. The van der Waals surface area contributed by atoms with Gasteiger partial charge in [0.1, 0.15) is 5.75 Å². The van der Waals surface area contributed by atoms with Crippen LogP contribution in [0.3, 0.4) is 0 Å². The van der Waals surface area contributed by atoms with Crippen molar-refractivity contribution in [3.8, 4) is 5.75 Å². The number of nitrogens with two attached hydrogens (primary N) is 1. The number of rotatable bonds is 6. The van der Waals surface area contributed by atoms with Crippen LogP contribution in [0.4, 0.5) is 8.78 Å². The predicted octanol–water partition coefficient (Wildman–Crippen LogP) is 2.18. The maximum Gasteiger partial charge on any atom is 0.387 e. The van der Waals surface area contributed by atoms with Gasteiger partial charge in [-0.15, -0.1) is 12.4 Å². The van der Waals surface area contributed by atoms with Gasteiger partial charge in [0, 0.05) is 12.6 Å². The summed E-state index contributed by atoms with van der Waals surface area (Å²) < 4.78 is 28.6. The molecule has 1 aromatic carbocycles. The number of benzene rings is 1. The molecule has 0 radical (unpaired) electrons. The lowest BCUT2D eigenvalue weighted by Crippen LogP contribution is -2.29. The van der Waals surface area contributed by atoms with Crippen LogP contribution in [0, 0.1) is 0 Å². The first-order chi connectivity index (χ1) is 8.50. The molecule has 1 atom stereocenters. The van der Waals surface area contributed by atoms with Crippen LogP contribution >= 0.6 is 12.4 Å². The van der Waals surface area contributed by atoms with E-state index >= 15 is 0 Å². The van der Waals surface area contributed by atoms with E-state index in [-0.39, 0.29) is 29.8 Å². The van der Waals surface area contributed by atoms with Gasteiger partial charge < -0.3 is 15.8 Å². The quantitative estimate of drug-likeness (QED) is 0.845. The Morgan fingerprint density at radius 3 is 2.63 bits per heavy atom. The van der Waals surface area contributed by atoms with Crippen molar-refractivity contribution in [1.82, 2.24) is 5.32 Å². The van der Waals surface area contributed by atoms with E-state index in [4.69, 9.17) is 5.73 Å². The fourth-order valence-electron chi connectivity index (χ4n) is 1.36. The first kappa shape index (κ1) is 17.6. The van der Waals surface area contributed by atoms with Gasteiger partial charge in [0.2, 0.25) is 0 Å². The molecule has 4 nitrogen and oxygen atoms in total. The maximum absolute atomic E-state index is 12.2. The first-order valence-corrected chi connectivity index (χ1v) is 5.58. The van der Waals surface area contributed by atoms with Crippen LogP contribution in [0.15, 0.2) is 24.3 Å². The molecule has 0 bridgehead atoms. The molecule has 1 unspecified atom stereocenters. The Balaban J connectivity index is 0.00000324. The molecule has 1 rings (SSSR count). The van der Waals surface area contributed by atoms with Crippen molar-refractivity contribution in [1.29, 1.82) is 0 Å². The summed E-state index contributed by atoms with van der Waals surface area (Å²) in [5.41, 5.74) is 5.62. The third-order valence-corrected chi connectivity index (χ3v) is 2.23. The van der Waals surface area contributed by atoms with Crippen molar-refractivity contribution < 1.29 is 18.3 Å². The minimum atomic E-state index is -2.96. The number of ether oxygens (including phenoxy) is 1. The Labute approximate surface area is 116 Å². The summed E-state index contributed by atoms with van der Waals surface area (Å²) in [6.07, 6.45) is 0.615. The molecule has 0 saturated heterocycles. The van der Waals surface area contributed by atoms with Crippen molar-refractivity contribution in [2.24, 2.45) is 5.73 Å². The van der Waals surface area contributed by atoms with E-state index in [1.807, 2.05) is 6.92 Å². The third-order valence-electron chi connectivity index (χ3n) is 2.23. The van der Waals surface area contributed by atoms with Crippen LogP contribution in [0.1, 0.15) is 23.7 Å². The fraction of sp³-hybridized carbons (Fsp3) is 0.417. The largest absolute Gasteiger partial charge is 0.434 e. The lowest BCUT2D eigenvalue weighted by Gasteiger charge is -2.11. The van der Waals surface area contributed by atoms with E-state index in [1.54, 1.807) is 6.07 Å². The summed E-state index contributed by atoms with van der Waals surface area (Å²) >= 11 is 0. The van der Waals surface area contributed by atoms with Gasteiger partial charge in [-0.05, 0) is 25.5 Å². The van der Waals surface area contributed by atoms with Gasteiger partial charge >= 0.3 is 6.61 Å². The molecule has 0 fully saturated rings. The second-order valence-corrected chi connectivity index (χ2v) is 3.90. The molecule has 0 spiro atoms. The molecule has 1 amide bonds. The summed E-state index contributed by atoms with van der Waals surface area (Å²) in [6, 6.07) is 5.83. The number of carbonyl (C=O) groups excluding carboxylic acids is 1. The summed E-state index contributed by atoms with van der Waals surface area (Å²) in [4.78, 5) is 11.8. The average molecular weight is 295 g/mol. The second kappa shape index (κ2) is 8.66. The molecule has 19 heavy (non-hydrogen) atoms. The second-order valence-electron chi connectivity index (χ2n) is 3.90. The van der Waals surface area contributed by atoms with Crippen molar-refractivity contribution in [3.63, 3.8) is 0 Å². The minimum absolute atomic E-state index is 0. The summed E-state index contributed by atoms with van der Waals surface area (Å²) in [5, 5.41) is 2.60. The summed E-state index contributed by atoms with van der Waals surface area (Å²) in [6.45, 7) is -0.748. The molecule has 3 N–H and O–H groups in total. The van der Waals surface area contributed by atoms with Gasteiger partial charge in [-0.3, -0.25) is 4.79 Å². The zero-order valence-corrected chi connectivity index (χ0v) is 11.3. The number of alkyl halides is 2. The Kier molecular flexibility index (Phi) is 8.02. The van der Waals surface area contributed by atoms with Gasteiger partial charge in [0.15, 0.2) is 0 Å². The Morgan fingerprint density at radius 2 is 2.05 bits per heavy atom. The lowest BCUT2D eigenvalue weighted by atomic mass is 10.2. The number of halogens is 3. The number of para-hydroxylation sites is 1. The average Bonchev–Trinajstić information content (AvgIpc) is 2.28. The normalized spacial score (nSPS) is 11.6. The number of carbonyl (C=O) groups is 1. The van der Waals surface area contributed by atoms with Crippen molar-refractivity contribution in [2.45, 2.75) is 26.0 Å². The number of amides is 1. The summed E-state index contributed by atoms with van der Waals surface area (Å²) in [7, 11) is 0. The molecule has 0 saturated carbocycles. The predicted molar refractivity (Wildman–Crippen MR) is 70.9 cm³/mol. The Bertz CT molecular complexity index is 403. The molecule has 0 heterocycles. The topological polar surface area (TPSA) is 64.3 Å². The van der Waals surface area contributed by atoms with Crippen molar-refractivity contribution in [2.75, 3.05) is 6.54 Å². The highest BCUT2D eigenvalue weighted by Crippen LogP contribution is 2.19. The van der Waals surface area contributed by atoms with E-state index in [0.717, 1.165) is 0 Å². The standard InChI is InChI=1S/C12H16F2N2O2.ClH/c1-8(15)6-7-16-11(17)9-4-2-3-5-10(9)18-12(13)14;/h2-5,8,12H,6-7,15H2,1H3,(H,16,17);1H. The molecular weight excluding hydrogens is 278 g/mol. The maximum atomic E-state index is 12.2. The summed E-state index contributed by atoms with van der Waals surface area (Å²) in [5.74, 6) is -0.585. The van der Waals surface area contributed by atoms with Gasteiger partial charge in [0.25, 0.3) is 5.91 Å². The van der Waals surface area contributed by atoms with Crippen LogP contribution < -0.4 is 15.8 Å². The monoisotopic (exact) mass is 294 g/mol. The van der Waals surface area contributed by atoms with Crippen LogP contribution in [0.2, 0.25) is 0 Å². The molecule has 7 heteroatoms. The highest BCUT2D eigenvalue weighted by atomic mass is 35.5. The molecular formula is C12H17ClF2N2O2. The van der Waals surface area contributed by atoms with Crippen LogP contribution in [0.25, 0.3) is 0 Å². The zero-order valence-electron chi connectivity index (χ0n) is 10.4. The van der Waals surface area contributed by atoms with Gasteiger partial charge in [-0.2, -0.15) is 8.78 Å².